The predicted octanol–water partition coefficient (Wildman–Crippen LogP) is 1.19. The fraction of sp³-hybridized carbons (Fsp3) is 0.542. The first-order chi connectivity index (χ1) is 16.0. The highest BCUT2D eigenvalue weighted by molar-refractivity contribution is 8.03. The van der Waals surface area contributed by atoms with Gasteiger partial charge in [-0.15, -0.1) is 11.8 Å². The van der Waals surface area contributed by atoms with Gasteiger partial charge in [0.2, 0.25) is 11.8 Å². The van der Waals surface area contributed by atoms with Crippen LogP contribution in [0.2, 0.25) is 0 Å². The molecule has 184 valence electrons. The molecule has 9 nitrogen and oxygen atoms in total. The van der Waals surface area contributed by atoms with E-state index in [0.29, 0.717) is 30.1 Å². The third kappa shape index (κ3) is 4.18. The molecule has 1 aromatic carbocycles. The van der Waals surface area contributed by atoms with Gasteiger partial charge in [0, 0.05) is 48.9 Å². The van der Waals surface area contributed by atoms with Gasteiger partial charge in [-0.25, -0.2) is 4.79 Å². The zero-order valence-electron chi connectivity index (χ0n) is 19.8. The molecule has 0 aliphatic carbocycles. The van der Waals surface area contributed by atoms with Crippen molar-refractivity contribution in [1.29, 1.82) is 0 Å². The average Bonchev–Trinajstić information content (AvgIpc) is 3.26. The second-order valence-corrected chi connectivity index (χ2v) is 11.0. The lowest BCUT2D eigenvalue weighted by Gasteiger charge is -2.46. The third-order valence-electron chi connectivity index (χ3n) is 7.06. The minimum Gasteiger partial charge on any atom is -0.477 e. The van der Waals surface area contributed by atoms with E-state index in [0.717, 1.165) is 5.56 Å². The Bertz CT molecular complexity index is 1020. The normalized spacial score (nSPS) is 29.7. The average molecular weight is 489 g/mol. The van der Waals surface area contributed by atoms with Crippen LogP contribution in [-0.2, 0) is 20.9 Å². The molecule has 1 aromatic rings. The Balaban J connectivity index is 1.57. The molecule has 34 heavy (non-hydrogen) atoms. The summed E-state index contributed by atoms with van der Waals surface area (Å²) in [4.78, 5) is 43.4. The Kier molecular flexibility index (Phi) is 6.67. The van der Waals surface area contributed by atoms with Crippen LogP contribution < -0.4 is 5.73 Å². The van der Waals surface area contributed by atoms with Crippen molar-refractivity contribution in [1.82, 2.24) is 14.7 Å². The minimum atomic E-state index is -1.13. The number of aliphatic hydroxyl groups is 1. The molecule has 3 aliphatic heterocycles. The van der Waals surface area contributed by atoms with Crippen molar-refractivity contribution in [2.45, 2.75) is 50.3 Å². The maximum atomic E-state index is 13.0. The number of β-lactam (4-membered cyclic amide) rings is 1. The topological polar surface area (TPSA) is 127 Å². The first kappa shape index (κ1) is 24.6. The van der Waals surface area contributed by atoms with Gasteiger partial charge >= 0.3 is 5.97 Å². The van der Waals surface area contributed by atoms with Gasteiger partial charge in [0.15, 0.2) is 0 Å². The lowest BCUT2D eigenvalue weighted by atomic mass is 9.79. The highest BCUT2D eigenvalue weighted by Crippen LogP contribution is 2.52. The van der Waals surface area contributed by atoms with E-state index >= 15 is 0 Å². The molecule has 2 fully saturated rings. The maximum Gasteiger partial charge on any atom is 0.353 e. The van der Waals surface area contributed by atoms with Crippen LogP contribution in [0.15, 0.2) is 34.9 Å². The molecule has 4 rings (SSSR count). The number of rotatable bonds is 7. The van der Waals surface area contributed by atoms with Crippen LogP contribution in [0.3, 0.4) is 0 Å². The number of carbonyl (C=O) groups is 3. The molecule has 6 atom stereocenters. The number of likely N-dealkylation sites (N-methyl/N-ethyl adjacent to an activating group) is 1. The minimum absolute atomic E-state index is 0.00622. The van der Waals surface area contributed by atoms with Gasteiger partial charge in [0.1, 0.15) is 5.70 Å². The molecule has 4 N–H and O–H groups in total. The summed E-state index contributed by atoms with van der Waals surface area (Å²) >= 11 is 1.46. The van der Waals surface area contributed by atoms with E-state index in [-0.39, 0.29) is 40.8 Å². The Labute approximate surface area is 203 Å². The van der Waals surface area contributed by atoms with E-state index < -0.39 is 18.0 Å². The van der Waals surface area contributed by atoms with Crippen molar-refractivity contribution >= 4 is 35.2 Å². The number of carboxylic acid groups (broad SMARTS) is 1. The Morgan fingerprint density at radius 3 is 2.47 bits per heavy atom. The summed E-state index contributed by atoms with van der Waals surface area (Å²) in [6.45, 7) is 4.68. The first-order valence-corrected chi connectivity index (χ1v) is 12.3. The number of carbonyl (C=O) groups excluding carboxylic acids is 2. The SMILES string of the molecule is C[C@@H](O)[C@H]1C(=O)N2C(C(=O)O)=C(S[C@H]3C[C@@H](C(=O)N(C)C)N(Cc4ccc(N)cc4)C3)[C@H](C)[C@H]12. The molecule has 0 spiro atoms. The summed E-state index contributed by atoms with van der Waals surface area (Å²) < 4.78 is 0. The number of aliphatic carboxylic acids is 1. The van der Waals surface area contributed by atoms with E-state index in [2.05, 4.69) is 4.90 Å². The fourth-order valence-electron chi connectivity index (χ4n) is 5.39. The van der Waals surface area contributed by atoms with Gasteiger partial charge in [-0.2, -0.15) is 0 Å². The zero-order valence-corrected chi connectivity index (χ0v) is 20.7. The molecule has 0 saturated carbocycles. The number of nitrogens with zero attached hydrogens (tertiary/aromatic N) is 3. The molecule has 10 heteroatoms. The molecule has 0 bridgehead atoms. The molecular weight excluding hydrogens is 456 g/mol. The molecule has 0 radical (unpaired) electrons. The Hall–Kier alpha value is -2.56. The number of nitrogen functional groups attached to an aromatic ring is 1. The quantitative estimate of drug-likeness (QED) is 0.386. The van der Waals surface area contributed by atoms with Crippen LogP contribution in [-0.4, -0.2) is 86.8 Å². The Morgan fingerprint density at radius 2 is 1.91 bits per heavy atom. The smallest absolute Gasteiger partial charge is 0.353 e. The van der Waals surface area contributed by atoms with E-state index in [1.807, 2.05) is 31.2 Å². The summed E-state index contributed by atoms with van der Waals surface area (Å²) in [5, 5.41) is 20.0. The number of amides is 2. The number of aliphatic hydroxyl groups excluding tert-OH is 1. The molecular formula is C24H32N4O5S. The fourth-order valence-corrected chi connectivity index (χ4v) is 6.95. The van der Waals surface area contributed by atoms with Crippen LogP contribution in [0.5, 0.6) is 0 Å². The van der Waals surface area contributed by atoms with Gasteiger partial charge < -0.3 is 25.7 Å². The summed E-state index contributed by atoms with van der Waals surface area (Å²) in [5.41, 5.74) is 7.56. The van der Waals surface area contributed by atoms with Crippen molar-refractivity contribution in [2.24, 2.45) is 11.8 Å². The summed E-state index contributed by atoms with van der Waals surface area (Å²) in [5.74, 6) is -2.24. The number of hydrogen-bond donors (Lipinski definition) is 3. The number of fused-ring (bicyclic) bond motifs is 1. The van der Waals surface area contributed by atoms with E-state index in [4.69, 9.17) is 5.73 Å². The van der Waals surface area contributed by atoms with E-state index in [9.17, 15) is 24.6 Å². The molecule has 3 heterocycles. The number of carboxylic acids is 1. The summed E-state index contributed by atoms with van der Waals surface area (Å²) in [6.07, 6.45) is -0.252. The number of anilines is 1. The number of benzene rings is 1. The van der Waals surface area contributed by atoms with Crippen LogP contribution in [0, 0.1) is 11.8 Å². The van der Waals surface area contributed by atoms with Crippen LogP contribution in [0.1, 0.15) is 25.8 Å². The van der Waals surface area contributed by atoms with Crippen LogP contribution in [0.4, 0.5) is 5.69 Å². The van der Waals surface area contributed by atoms with Gasteiger partial charge in [0.25, 0.3) is 0 Å². The molecule has 2 amide bonds. The van der Waals surface area contributed by atoms with Gasteiger partial charge in [-0.3, -0.25) is 14.5 Å². The lowest BCUT2D eigenvalue weighted by Crippen LogP contribution is -2.63. The molecule has 2 saturated heterocycles. The highest BCUT2D eigenvalue weighted by atomic mass is 32.2. The van der Waals surface area contributed by atoms with Crippen molar-refractivity contribution in [3.05, 3.63) is 40.4 Å². The van der Waals surface area contributed by atoms with Gasteiger partial charge in [-0.1, -0.05) is 19.1 Å². The number of likely N-dealkylation sites (tertiary alicyclic amines) is 1. The third-order valence-corrected chi connectivity index (χ3v) is 8.55. The van der Waals surface area contributed by atoms with Gasteiger partial charge in [0.05, 0.1) is 24.1 Å². The number of nitrogens with two attached hydrogens (primary N) is 1. The van der Waals surface area contributed by atoms with E-state index in [1.165, 1.54) is 16.7 Å². The lowest BCUT2D eigenvalue weighted by molar-refractivity contribution is -0.163. The molecule has 3 aliphatic rings. The number of hydrogen-bond acceptors (Lipinski definition) is 7. The van der Waals surface area contributed by atoms with Crippen LogP contribution >= 0.6 is 11.8 Å². The second kappa shape index (κ2) is 9.24. The predicted molar refractivity (Wildman–Crippen MR) is 129 cm³/mol. The van der Waals surface area contributed by atoms with Crippen molar-refractivity contribution in [2.75, 3.05) is 26.4 Å². The maximum absolute atomic E-state index is 13.0. The number of thioether (sulfide) groups is 1. The van der Waals surface area contributed by atoms with E-state index in [1.54, 1.807) is 25.9 Å². The molecule has 0 aromatic heterocycles. The van der Waals surface area contributed by atoms with Crippen LogP contribution in [0.25, 0.3) is 0 Å². The largest absolute Gasteiger partial charge is 0.477 e. The summed E-state index contributed by atoms with van der Waals surface area (Å²) in [6, 6.07) is 6.91. The van der Waals surface area contributed by atoms with Crippen molar-refractivity contribution < 1.29 is 24.6 Å². The summed E-state index contributed by atoms with van der Waals surface area (Å²) in [7, 11) is 3.47. The molecule has 0 unspecified atom stereocenters. The highest BCUT2D eigenvalue weighted by Gasteiger charge is 2.60. The van der Waals surface area contributed by atoms with Crippen molar-refractivity contribution in [3.8, 4) is 0 Å². The standard InChI is InChI=1S/C24H32N4O5S/c1-12-19-18(13(2)29)23(31)28(19)20(24(32)33)21(12)34-16-9-17(22(30)26(3)4)27(11-16)10-14-5-7-15(25)8-6-14/h5-8,12-13,16-19,29H,9-11,25H2,1-4H3,(H,32,33)/t12-,13-,16+,17+,18-,19-/m1/s1. The Morgan fingerprint density at radius 1 is 1.26 bits per heavy atom. The monoisotopic (exact) mass is 488 g/mol. The second-order valence-electron chi connectivity index (χ2n) is 9.67. The van der Waals surface area contributed by atoms with Gasteiger partial charge in [-0.05, 0) is 31.0 Å². The zero-order chi connectivity index (χ0) is 24.9. The first-order valence-electron chi connectivity index (χ1n) is 11.5. The van der Waals surface area contributed by atoms with Crippen molar-refractivity contribution in [3.63, 3.8) is 0 Å².